The van der Waals surface area contributed by atoms with Crippen molar-refractivity contribution in [3.8, 4) is 22.8 Å². The Morgan fingerprint density at radius 3 is 2.56 bits per heavy atom. The average Bonchev–Trinajstić information content (AvgIpc) is 3.59. The van der Waals surface area contributed by atoms with Gasteiger partial charge in [-0.1, -0.05) is 26.7 Å². The molecule has 0 spiro atoms. The predicted octanol–water partition coefficient (Wildman–Crippen LogP) is 6.17. The molecule has 3 heterocycles. The van der Waals surface area contributed by atoms with E-state index < -0.39 is 0 Å². The molecule has 1 saturated heterocycles. The molecule has 1 amide bonds. The molecule has 1 aliphatic heterocycles. The lowest BCUT2D eigenvalue weighted by atomic mass is 10.1. The molecule has 1 aliphatic rings. The summed E-state index contributed by atoms with van der Waals surface area (Å²) in [5.74, 6) is 1.36. The van der Waals surface area contributed by atoms with Crippen molar-refractivity contribution in [2.75, 3.05) is 38.8 Å². The second kappa shape index (κ2) is 17.8. The number of aryl methyl sites for hydroxylation is 1. The fourth-order valence-corrected chi connectivity index (χ4v) is 5.65. The highest BCUT2D eigenvalue weighted by Gasteiger charge is 2.17. The van der Waals surface area contributed by atoms with Crippen LogP contribution < -0.4 is 25.2 Å². The molecule has 0 radical (unpaired) electrons. The summed E-state index contributed by atoms with van der Waals surface area (Å²) in [7, 11) is 3.32. The summed E-state index contributed by atoms with van der Waals surface area (Å²) >= 11 is 0. The maximum Gasteiger partial charge on any atom is 0.243 e. The number of nitrogens with zero attached hydrogens (tertiary/aromatic N) is 5. The number of hydrogen-bond donors (Lipinski definition) is 2. The van der Waals surface area contributed by atoms with E-state index in [4.69, 9.17) is 29.0 Å². The number of carbonyl (C=O) groups is 1. The molecule has 1 fully saturated rings. The van der Waals surface area contributed by atoms with Gasteiger partial charge in [0.15, 0.2) is 6.29 Å². The van der Waals surface area contributed by atoms with Crippen LogP contribution in [-0.4, -0.2) is 71.9 Å². The monoisotopic (exact) mass is 659 g/mol. The van der Waals surface area contributed by atoms with Crippen LogP contribution in [0.25, 0.3) is 22.3 Å². The van der Waals surface area contributed by atoms with E-state index in [1.165, 1.54) is 0 Å². The molecule has 0 aliphatic carbocycles. The van der Waals surface area contributed by atoms with Gasteiger partial charge in [-0.25, -0.2) is 15.3 Å². The third-order valence-corrected chi connectivity index (χ3v) is 8.29. The predicted molar refractivity (Wildman–Crippen MR) is 186 cm³/mol. The quantitative estimate of drug-likeness (QED) is 0.0946. The highest BCUT2D eigenvalue weighted by molar-refractivity contribution is 5.82. The molecule has 12 nitrogen and oxygen atoms in total. The standard InChI is InChI=1S/C36H49N7O5/c1-26(2)37-15-17-43(29-19-30(45-3)22-31(20-29)46-4)28-13-14-32-33(21-28)40-34(24-38-32)27-23-39-42(25-27)16-9-6-5-7-11-35(44)41-48-36-12-8-10-18-47-36/h13-14,19-26,36-37H,5-12,15-18H2,1-4H3,(H,41,44). The number of carbonyl (C=O) groups excluding carboxylic acids is 1. The Bertz CT molecular complexity index is 1580. The number of unbranched alkanes of at least 4 members (excludes halogenated alkanes) is 3. The fourth-order valence-electron chi connectivity index (χ4n) is 5.65. The zero-order valence-electron chi connectivity index (χ0n) is 28.6. The van der Waals surface area contributed by atoms with E-state index in [0.717, 1.165) is 110 Å². The summed E-state index contributed by atoms with van der Waals surface area (Å²) in [6, 6.07) is 12.4. The van der Waals surface area contributed by atoms with Gasteiger partial charge in [0.2, 0.25) is 5.91 Å². The van der Waals surface area contributed by atoms with Crippen LogP contribution in [0.1, 0.15) is 65.2 Å². The Labute approximate surface area is 283 Å². The number of hydroxylamine groups is 1. The fraction of sp³-hybridized carbons (Fsp3) is 0.500. The van der Waals surface area contributed by atoms with E-state index in [1.807, 2.05) is 41.3 Å². The lowest BCUT2D eigenvalue weighted by Crippen LogP contribution is -2.32. The number of aromatic nitrogens is 4. The first-order chi connectivity index (χ1) is 23.4. The molecule has 4 aromatic rings. The number of benzene rings is 2. The number of ether oxygens (including phenoxy) is 3. The van der Waals surface area contributed by atoms with Crippen molar-refractivity contribution in [3.63, 3.8) is 0 Å². The minimum atomic E-state index is -0.318. The van der Waals surface area contributed by atoms with Crippen LogP contribution in [0.2, 0.25) is 0 Å². The molecular formula is C36H49N7O5. The lowest BCUT2D eigenvalue weighted by molar-refractivity contribution is -0.200. The zero-order valence-corrected chi connectivity index (χ0v) is 28.6. The maximum atomic E-state index is 12.1. The summed E-state index contributed by atoms with van der Waals surface area (Å²) in [6.07, 6.45) is 12.5. The number of anilines is 2. The van der Waals surface area contributed by atoms with Crippen molar-refractivity contribution in [3.05, 3.63) is 55.0 Å². The number of nitrogens with one attached hydrogen (secondary N) is 2. The van der Waals surface area contributed by atoms with Gasteiger partial charge in [-0.15, -0.1) is 0 Å². The molecule has 1 atom stereocenters. The van der Waals surface area contributed by atoms with Crippen molar-refractivity contribution < 1.29 is 23.8 Å². The third kappa shape index (κ3) is 10.1. The van der Waals surface area contributed by atoms with Gasteiger partial charge < -0.3 is 24.4 Å². The van der Waals surface area contributed by atoms with Gasteiger partial charge in [0, 0.05) is 86.5 Å². The second-order valence-electron chi connectivity index (χ2n) is 12.4. The highest BCUT2D eigenvalue weighted by atomic mass is 16.8. The lowest BCUT2D eigenvalue weighted by Gasteiger charge is -2.27. The largest absolute Gasteiger partial charge is 0.497 e. The summed E-state index contributed by atoms with van der Waals surface area (Å²) in [4.78, 5) is 29.4. The zero-order chi connectivity index (χ0) is 33.7. The van der Waals surface area contributed by atoms with Crippen LogP contribution in [0.3, 0.4) is 0 Å². The number of amides is 1. The van der Waals surface area contributed by atoms with E-state index >= 15 is 0 Å². The summed E-state index contributed by atoms with van der Waals surface area (Å²) in [5.41, 5.74) is 7.80. The van der Waals surface area contributed by atoms with Crippen molar-refractivity contribution in [2.45, 2.75) is 84.1 Å². The van der Waals surface area contributed by atoms with Gasteiger partial charge in [0.1, 0.15) is 11.5 Å². The molecule has 12 heteroatoms. The Hall–Kier alpha value is -4.26. The van der Waals surface area contributed by atoms with Crippen LogP contribution in [0.4, 0.5) is 11.4 Å². The molecule has 48 heavy (non-hydrogen) atoms. The summed E-state index contributed by atoms with van der Waals surface area (Å²) in [6.45, 7) is 7.29. The van der Waals surface area contributed by atoms with Gasteiger partial charge in [-0.05, 0) is 43.9 Å². The van der Waals surface area contributed by atoms with E-state index in [9.17, 15) is 4.79 Å². The molecule has 1 unspecified atom stereocenters. The van der Waals surface area contributed by atoms with Gasteiger partial charge in [0.25, 0.3) is 0 Å². The van der Waals surface area contributed by atoms with Gasteiger partial charge >= 0.3 is 0 Å². The molecule has 2 aromatic carbocycles. The molecular weight excluding hydrogens is 610 g/mol. The molecule has 0 saturated carbocycles. The van der Waals surface area contributed by atoms with E-state index in [0.29, 0.717) is 19.1 Å². The van der Waals surface area contributed by atoms with Crippen molar-refractivity contribution >= 4 is 28.3 Å². The van der Waals surface area contributed by atoms with Crippen LogP contribution in [0.15, 0.2) is 55.0 Å². The van der Waals surface area contributed by atoms with Crippen LogP contribution in [-0.2, 0) is 20.9 Å². The molecule has 2 aromatic heterocycles. The Morgan fingerprint density at radius 1 is 1.00 bits per heavy atom. The number of rotatable bonds is 18. The normalized spacial score (nSPS) is 14.7. The van der Waals surface area contributed by atoms with Gasteiger partial charge in [-0.3, -0.25) is 14.5 Å². The molecule has 258 valence electrons. The highest BCUT2D eigenvalue weighted by Crippen LogP contribution is 2.34. The number of hydrogen-bond acceptors (Lipinski definition) is 10. The van der Waals surface area contributed by atoms with E-state index in [1.54, 1.807) is 20.4 Å². The molecule has 0 bridgehead atoms. The number of methoxy groups -OCH3 is 2. The average molecular weight is 660 g/mol. The van der Waals surface area contributed by atoms with E-state index in [2.05, 4.69) is 46.8 Å². The minimum absolute atomic E-state index is 0.0964. The van der Waals surface area contributed by atoms with E-state index in [-0.39, 0.29) is 12.2 Å². The van der Waals surface area contributed by atoms with Crippen molar-refractivity contribution in [1.29, 1.82) is 0 Å². The van der Waals surface area contributed by atoms with Crippen LogP contribution in [0, 0.1) is 0 Å². The maximum absolute atomic E-state index is 12.1. The first-order valence-corrected chi connectivity index (χ1v) is 17.0. The Kier molecular flexibility index (Phi) is 13.0. The van der Waals surface area contributed by atoms with Crippen LogP contribution >= 0.6 is 0 Å². The summed E-state index contributed by atoms with van der Waals surface area (Å²) in [5, 5.41) is 8.09. The number of fused-ring (bicyclic) bond motifs is 1. The second-order valence-corrected chi connectivity index (χ2v) is 12.4. The first-order valence-electron chi connectivity index (χ1n) is 17.0. The van der Waals surface area contributed by atoms with Crippen LogP contribution in [0.5, 0.6) is 11.5 Å². The van der Waals surface area contributed by atoms with Gasteiger partial charge in [0.05, 0.1) is 43.3 Å². The molecule has 2 N–H and O–H groups in total. The summed E-state index contributed by atoms with van der Waals surface area (Å²) < 4.78 is 18.5. The first kappa shape index (κ1) is 35.1. The minimum Gasteiger partial charge on any atom is -0.497 e. The Morgan fingerprint density at radius 2 is 1.81 bits per heavy atom. The topological polar surface area (TPSA) is 125 Å². The van der Waals surface area contributed by atoms with Crippen molar-refractivity contribution in [2.24, 2.45) is 0 Å². The SMILES string of the molecule is COc1cc(OC)cc(N(CCNC(C)C)c2ccc3ncc(-c4cnn(CCCCCCC(=O)NOC5CCCCO5)c4)nc3c2)c1. The van der Waals surface area contributed by atoms with Crippen molar-refractivity contribution in [1.82, 2.24) is 30.5 Å². The smallest absolute Gasteiger partial charge is 0.243 e. The molecule has 5 rings (SSSR count). The third-order valence-electron chi connectivity index (χ3n) is 8.29. The Balaban J connectivity index is 1.18. The van der Waals surface area contributed by atoms with Gasteiger partial charge in [-0.2, -0.15) is 5.10 Å².